The molecule has 0 aliphatic heterocycles. The molecular weight excluding hydrogens is 412 g/mol. The molecule has 0 unspecified atom stereocenters. The third kappa shape index (κ3) is 4.25. The van der Waals surface area contributed by atoms with Crippen molar-refractivity contribution in [1.29, 1.82) is 0 Å². The van der Waals surface area contributed by atoms with Crippen LogP contribution < -0.4 is 15.4 Å². The normalized spacial score (nSPS) is 10.8. The van der Waals surface area contributed by atoms with Gasteiger partial charge in [0.05, 0.1) is 22.2 Å². The molecule has 4 aromatic rings. The number of nitrogens with zero attached hydrogens (tertiary/aromatic N) is 4. The minimum atomic E-state index is -0.494. The second-order valence-electron chi connectivity index (χ2n) is 5.91. The van der Waals surface area contributed by atoms with Crippen molar-refractivity contribution in [3.63, 3.8) is 0 Å². The van der Waals surface area contributed by atoms with E-state index in [0.717, 1.165) is 22.4 Å². The average Bonchev–Trinajstić information content (AvgIpc) is 3.36. The molecule has 148 valence electrons. The Bertz CT molecular complexity index is 1150. The summed E-state index contributed by atoms with van der Waals surface area (Å²) in [6, 6.07) is 9.51. The van der Waals surface area contributed by atoms with Crippen molar-refractivity contribution in [2.75, 3.05) is 24.3 Å². The lowest BCUT2D eigenvalue weighted by molar-refractivity contribution is -0.383. The monoisotopic (exact) mass is 428 g/mol. The molecule has 0 saturated heterocycles. The number of nitrogens with one attached hydrogen (secondary N) is 2. The van der Waals surface area contributed by atoms with E-state index in [0.29, 0.717) is 11.7 Å². The molecule has 0 spiro atoms. The van der Waals surface area contributed by atoms with Crippen LogP contribution in [-0.4, -0.2) is 33.5 Å². The molecule has 29 heavy (non-hydrogen) atoms. The second kappa shape index (κ2) is 8.37. The SMILES string of the molecule is COc1ccc2nc(Nc3ncnc(NCCc4cccs4)c3[N+](=O)[O-])sc2c1. The van der Waals surface area contributed by atoms with Gasteiger partial charge in [-0.2, -0.15) is 0 Å². The van der Waals surface area contributed by atoms with Gasteiger partial charge in [-0.05, 0) is 36.1 Å². The molecule has 0 bridgehead atoms. The summed E-state index contributed by atoms with van der Waals surface area (Å²) in [7, 11) is 1.60. The van der Waals surface area contributed by atoms with Crippen LogP contribution in [0.15, 0.2) is 42.0 Å². The largest absolute Gasteiger partial charge is 0.497 e. The summed E-state index contributed by atoms with van der Waals surface area (Å²) in [5.74, 6) is 0.986. The summed E-state index contributed by atoms with van der Waals surface area (Å²) < 4.78 is 6.12. The van der Waals surface area contributed by atoms with E-state index in [1.807, 2.05) is 35.7 Å². The van der Waals surface area contributed by atoms with Crippen LogP contribution in [0.2, 0.25) is 0 Å². The zero-order chi connectivity index (χ0) is 20.2. The average molecular weight is 428 g/mol. The zero-order valence-corrected chi connectivity index (χ0v) is 16.9. The fourth-order valence-corrected chi connectivity index (χ4v) is 4.32. The fraction of sp³-hybridized carbons (Fsp3) is 0.167. The summed E-state index contributed by atoms with van der Waals surface area (Å²) in [5.41, 5.74) is 0.555. The molecule has 0 amide bonds. The molecule has 4 rings (SSSR count). The first-order chi connectivity index (χ1) is 14.1. The Hall–Kier alpha value is -3.31. The van der Waals surface area contributed by atoms with Gasteiger partial charge in [-0.3, -0.25) is 10.1 Å². The number of nitro groups is 1. The van der Waals surface area contributed by atoms with Crippen molar-refractivity contribution in [2.45, 2.75) is 6.42 Å². The lowest BCUT2D eigenvalue weighted by Gasteiger charge is -2.08. The van der Waals surface area contributed by atoms with E-state index in [-0.39, 0.29) is 17.3 Å². The van der Waals surface area contributed by atoms with E-state index in [9.17, 15) is 10.1 Å². The molecule has 0 saturated carbocycles. The molecule has 0 radical (unpaired) electrons. The zero-order valence-electron chi connectivity index (χ0n) is 15.3. The lowest BCUT2D eigenvalue weighted by atomic mass is 10.3. The molecular formula is C18H16N6O3S2. The number of anilines is 3. The van der Waals surface area contributed by atoms with Gasteiger partial charge in [0.2, 0.25) is 11.6 Å². The fourth-order valence-electron chi connectivity index (χ4n) is 2.72. The highest BCUT2D eigenvalue weighted by Gasteiger charge is 2.23. The third-order valence-electron chi connectivity index (χ3n) is 4.07. The van der Waals surface area contributed by atoms with Crippen LogP contribution in [0.3, 0.4) is 0 Å². The van der Waals surface area contributed by atoms with Crippen molar-refractivity contribution < 1.29 is 9.66 Å². The second-order valence-corrected chi connectivity index (χ2v) is 7.97. The van der Waals surface area contributed by atoms with Crippen LogP contribution in [-0.2, 0) is 6.42 Å². The van der Waals surface area contributed by atoms with Gasteiger partial charge in [0, 0.05) is 11.4 Å². The molecule has 2 N–H and O–H groups in total. The lowest BCUT2D eigenvalue weighted by Crippen LogP contribution is -2.10. The molecule has 1 aromatic carbocycles. The minimum absolute atomic E-state index is 0.0923. The van der Waals surface area contributed by atoms with Crippen LogP contribution in [0.4, 0.5) is 22.5 Å². The van der Waals surface area contributed by atoms with Gasteiger partial charge in [0.25, 0.3) is 0 Å². The van der Waals surface area contributed by atoms with Crippen molar-refractivity contribution in [3.8, 4) is 5.75 Å². The van der Waals surface area contributed by atoms with Gasteiger partial charge >= 0.3 is 5.69 Å². The van der Waals surface area contributed by atoms with E-state index in [4.69, 9.17) is 4.74 Å². The van der Waals surface area contributed by atoms with Crippen LogP contribution in [0, 0.1) is 10.1 Å². The number of thiazole rings is 1. The van der Waals surface area contributed by atoms with Crippen molar-refractivity contribution in [2.24, 2.45) is 0 Å². The highest BCUT2D eigenvalue weighted by Crippen LogP contribution is 2.35. The van der Waals surface area contributed by atoms with Gasteiger partial charge in [-0.1, -0.05) is 17.4 Å². The van der Waals surface area contributed by atoms with Crippen LogP contribution in [0.25, 0.3) is 10.2 Å². The van der Waals surface area contributed by atoms with E-state index >= 15 is 0 Å². The number of thiophene rings is 1. The van der Waals surface area contributed by atoms with Gasteiger partial charge in [-0.25, -0.2) is 15.0 Å². The predicted octanol–water partition coefficient (Wildman–Crippen LogP) is 4.46. The number of benzene rings is 1. The summed E-state index contributed by atoms with van der Waals surface area (Å²) in [6.45, 7) is 0.527. The maximum atomic E-state index is 11.7. The molecule has 0 aliphatic rings. The predicted molar refractivity (Wildman–Crippen MR) is 115 cm³/mol. The first-order valence-electron chi connectivity index (χ1n) is 8.61. The molecule has 3 heterocycles. The van der Waals surface area contributed by atoms with Crippen LogP contribution in [0.1, 0.15) is 4.88 Å². The van der Waals surface area contributed by atoms with Crippen molar-refractivity contribution in [3.05, 3.63) is 57.0 Å². The van der Waals surface area contributed by atoms with Gasteiger partial charge in [-0.15, -0.1) is 11.3 Å². The number of hydrogen-bond donors (Lipinski definition) is 2. The van der Waals surface area contributed by atoms with Gasteiger partial charge in [0.15, 0.2) is 5.13 Å². The summed E-state index contributed by atoms with van der Waals surface area (Å²) in [6.07, 6.45) is 2.04. The Labute approximate surface area is 173 Å². The Kier molecular flexibility index (Phi) is 5.49. The maximum Gasteiger partial charge on any atom is 0.353 e. The quantitative estimate of drug-likeness (QED) is 0.312. The standard InChI is InChI=1S/C18H16N6O3S2/c1-27-11-4-5-13-14(9-11)29-18(22-13)23-17-15(24(25)26)16(20-10-21-17)19-7-6-12-3-2-8-28-12/h2-5,8-10H,6-7H2,1H3,(H2,19,20,21,22,23). The topological polar surface area (TPSA) is 115 Å². The van der Waals surface area contributed by atoms with E-state index < -0.39 is 4.92 Å². The Morgan fingerprint density at radius 1 is 1.24 bits per heavy atom. The van der Waals surface area contributed by atoms with Gasteiger partial charge < -0.3 is 15.4 Å². The van der Waals surface area contributed by atoms with Crippen molar-refractivity contribution in [1.82, 2.24) is 15.0 Å². The molecule has 9 nitrogen and oxygen atoms in total. The number of aromatic nitrogens is 3. The van der Waals surface area contributed by atoms with Crippen LogP contribution >= 0.6 is 22.7 Å². The molecule has 0 atom stereocenters. The Morgan fingerprint density at radius 2 is 2.10 bits per heavy atom. The molecule has 0 fully saturated rings. The number of ether oxygens (including phenoxy) is 1. The third-order valence-corrected chi connectivity index (χ3v) is 5.94. The number of fused-ring (bicyclic) bond motifs is 1. The maximum absolute atomic E-state index is 11.7. The summed E-state index contributed by atoms with van der Waals surface area (Å²) in [4.78, 5) is 25.0. The van der Waals surface area contributed by atoms with E-state index in [1.54, 1.807) is 18.4 Å². The molecule has 0 aliphatic carbocycles. The first kappa shape index (κ1) is 19.0. The van der Waals surface area contributed by atoms with Crippen LogP contribution in [0.5, 0.6) is 5.75 Å². The van der Waals surface area contributed by atoms with Gasteiger partial charge in [0.1, 0.15) is 12.1 Å². The Balaban J connectivity index is 1.57. The number of methoxy groups -OCH3 is 1. The number of hydrogen-bond acceptors (Lipinski definition) is 10. The summed E-state index contributed by atoms with van der Waals surface area (Å²) in [5, 5.41) is 20.2. The smallest absolute Gasteiger partial charge is 0.353 e. The highest BCUT2D eigenvalue weighted by molar-refractivity contribution is 7.22. The Morgan fingerprint density at radius 3 is 2.86 bits per heavy atom. The first-order valence-corrected chi connectivity index (χ1v) is 10.3. The minimum Gasteiger partial charge on any atom is -0.497 e. The molecule has 3 aromatic heterocycles. The highest BCUT2D eigenvalue weighted by atomic mass is 32.1. The number of rotatable bonds is 8. The van der Waals surface area contributed by atoms with Crippen molar-refractivity contribution >= 4 is 55.3 Å². The summed E-state index contributed by atoms with van der Waals surface area (Å²) >= 11 is 3.00. The van der Waals surface area contributed by atoms with E-state index in [2.05, 4.69) is 25.6 Å². The van der Waals surface area contributed by atoms with E-state index in [1.165, 1.54) is 22.5 Å². The molecule has 11 heteroatoms.